The third kappa shape index (κ3) is 5.27. The smallest absolute Gasteiger partial charge is 0.311 e. The molecule has 7 heteroatoms. The van der Waals surface area contributed by atoms with E-state index in [9.17, 15) is 14.4 Å². The van der Waals surface area contributed by atoms with Crippen LogP contribution in [0.3, 0.4) is 0 Å². The molecule has 2 atom stereocenters. The number of carbonyl (C=O) groups is 3. The molecule has 2 heterocycles. The van der Waals surface area contributed by atoms with Gasteiger partial charge in [0.05, 0.1) is 12.0 Å². The molecule has 2 aromatic rings. The first kappa shape index (κ1) is 22.0. The predicted molar refractivity (Wildman–Crippen MR) is 117 cm³/mol. The molecule has 0 aliphatic carbocycles. The Morgan fingerprint density at radius 1 is 1.23 bits per heavy atom. The second-order valence-corrected chi connectivity index (χ2v) is 8.50. The maximum atomic E-state index is 12.9. The zero-order chi connectivity index (χ0) is 21.5. The van der Waals surface area contributed by atoms with Crippen molar-refractivity contribution in [2.75, 3.05) is 18.1 Å². The fourth-order valence-electron chi connectivity index (χ4n) is 3.63. The predicted octanol–water partition coefficient (Wildman–Crippen LogP) is 4.00. The van der Waals surface area contributed by atoms with E-state index in [4.69, 9.17) is 4.74 Å². The van der Waals surface area contributed by atoms with Gasteiger partial charge in [0, 0.05) is 23.5 Å². The van der Waals surface area contributed by atoms with Crippen molar-refractivity contribution in [3.8, 4) is 0 Å². The Balaban J connectivity index is 1.79. The SMILES string of the molecule is CCCCNC(=O)COC(=O)C1CCC(=O)N(c2ccc(C)cc2)C1c1cccs1. The number of benzene rings is 1. The first-order chi connectivity index (χ1) is 14.5. The van der Waals surface area contributed by atoms with Crippen LogP contribution in [0.25, 0.3) is 0 Å². The van der Waals surface area contributed by atoms with Crippen molar-refractivity contribution < 1.29 is 19.1 Å². The van der Waals surface area contributed by atoms with E-state index in [-0.39, 0.29) is 24.8 Å². The summed E-state index contributed by atoms with van der Waals surface area (Å²) in [6, 6.07) is 11.1. The molecule has 0 spiro atoms. The monoisotopic (exact) mass is 428 g/mol. The summed E-state index contributed by atoms with van der Waals surface area (Å²) in [4.78, 5) is 40.4. The second-order valence-electron chi connectivity index (χ2n) is 7.52. The van der Waals surface area contributed by atoms with Crippen molar-refractivity contribution in [3.05, 3.63) is 52.2 Å². The Morgan fingerprint density at radius 3 is 2.67 bits per heavy atom. The molecule has 6 nitrogen and oxygen atoms in total. The standard InChI is InChI=1S/C23H28N2O4S/c1-3-4-13-24-20(26)15-29-23(28)18-11-12-21(27)25(17-9-7-16(2)8-10-17)22(18)19-6-5-14-30-19/h5-10,14,18,22H,3-4,11-13,15H2,1-2H3,(H,24,26). The van der Waals surface area contributed by atoms with E-state index in [1.165, 1.54) is 11.3 Å². The topological polar surface area (TPSA) is 75.7 Å². The number of esters is 1. The van der Waals surface area contributed by atoms with Gasteiger partial charge in [0.1, 0.15) is 0 Å². The molecule has 30 heavy (non-hydrogen) atoms. The van der Waals surface area contributed by atoms with Crippen LogP contribution in [0, 0.1) is 12.8 Å². The average molecular weight is 429 g/mol. The van der Waals surface area contributed by atoms with E-state index >= 15 is 0 Å². The number of rotatable bonds is 8. The molecule has 1 fully saturated rings. The molecular weight excluding hydrogens is 400 g/mol. The van der Waals surface area contributed by atoms with Crippen LogP contribution in [0.5, 0.6) is 0 Å². The van der Waals surface area contributed by atoms with Gasteiger partial charge in [-0.3, -0.25) is 14.4 Å². The fraction of sp³-hybridized carbons (Fsp3) is 0.435. The van der Waals surface area contributed by atoms with Crippen molar-refractivity contribution in [1.29, 1.82) is 0 Å². The van der Waals surface area contributed by atoms with E-state index in [1.54, 1.807) is 4.90 Å². The van der Waals surface area contributed by atoms with Gasteiger partial charge in [-0.05, 0) is 43.3 Å². The van der Waals surface area contributed by atoms with Gasteiger partial charge in [-0.2, -0.15) is 0 Å². The molecule has 1 aliphatic rings. The lowest BCUT2D eigenvalue weighted by atomic mass is 9.87. The Hall–Kier alpha value is -2.67. The minimum Gasteiger partial charge on any atom is -0.455 e. The van der Waals surface area contributed by atoms with Crippen LogP contribution in [0.4, 0.5) is 5.69 Å². The van der Waals surface area contributed by atoms with E-state index in [1.807, 2.05) is 55.6 Å². The summed E-state index contributed by atoms with van der Waals surface area (Å²) >= 11 is 1.51. The zero-order valence-corrected chi connectivity index (χ0v) is 18.2. The molecule has 1 N–H and O–H groups in total. The van der Waals surface area contributed by atoms with Crippen molar-refractivity contribution in [1.82, 2.24) is 5.32 Å². The van der Waals surface area contributed by atoms with Gasteiger partial charge in [-0.1, -0.05) is 37.1 Å². The number of ether oxygens (including phenoxy) is 1. The van der Waals surface area contributed by atoms with Crippen molar-refractivity contribution in [3.63, 3.8) is 0 Å². The molecule has 0 bridgehead atoms. The van der Waals surface area contributed by atoms with Gasteiger partial charge >= 0.3 is 5.97 Å². The van der Waals surface area contributed by atoms with Crippen LogP contribution >= 0.6 is 11.3 Å². The summed E-state index contributed by atoms with van der Waals surface area (Å²) in [6.45, 7) is 4.31. The molecule has 160 valence electrons. The summed E-state index contributed by atoms with van der Waals surface area (Å²) in [5, 5.41) is 4.68. The molecule has 2 unspecified atom stereocenters. The van der Waals surface area contributed by atoms with E-state index in [0.717, 1.165) is 29.0 Å². The number of piperidine rings is 1. The van der Waals surface area contributed by atoms with Crippen LogP contribution < -0.4 is 10.2 Å². The van der Waals surface area contributed by atoms with Crippen molar-refractivity contribution in [2.45, 2.75) is 45.6 Å². The highest BCUT2D eigenvalue weighted by Crippen LogP contribution is 2.42. The number of nitrogens with one attached hydrogen (secondary N) is 1. The normalized spacial score (nSPS) is 18.9. The van der Waals surface area contributed by atoms with Crippen molar-refractivity contribution in [2.24, 2.45) is 5.92 Å². The fourth-order valence-corrected chi connectivity index (χ4v) is 4.51. The quantitative estimate of drug-likeness (QED) is 0.509. The number of amides is 2. The maximum Gasteiger partial charge on any atom is 0.311 e. The Kier molecular flexibility index (Phi) is 7.63. The van der Waals surface area contributed by atoms with Crippen LogP contribution in [0.15, 0.2) is 41.8 Å². The van der Waals surface area contributed by atoms with Crippen LogP contribution in [-0.4, -0.2) is 30.9 Å². The van der Waals surface area contributed by atoms with Gasteiger partial charge < -0.3 is 15.0 Å². The number of nitrogens with zero attached hydrogens (tertiary/aromatic N) is 1. The van der Waals surface area contributed by atoms with E-state index in [2.05, 4.69) is 5.32 Å². The van der Waals surface area contributed by atoms with Crippen LogP contribution in [0.1, 0.15) is 49.1 Å². The Morgan fingerprint density at radius 2 is 2.00 bits per heavy atom. The summed E-state index contributed by atoms with van der Waals surface area (Å²) in [5.74, 6) is -1.28. The number of anilines is 1. The molecule has 1 aliphatic heterocycles. The van der Waals surface area contributed by atoms with Crippen LogP contribution in [-0.2, 0) is 19.1 Å². The minimum absolute atomic E-state index is 0.0152. The Labute approximate surface area is 181 Å². The third-order valence-electron chi connectivity index (χ3n) is 5.24. The summed E-state index contributed by atoms with van der Waals surface area (Å²) in [5.41, 5.74) is 1.86. The van der Waals surface area contributed by atoms with E-state index < -0.39 is 17.9 Å². The molecule has 1 saturated heterocycles. The number of hydrogen-bond acceptors (Lipinski definition) is 5. The number of hydrogen-bond donors (Lipinski definition) is 1. The largest absolute Gasteiger partial charge is 0.455 e. The molecular formula is C23H28N2O4S. The number of thiophene rings is 1. The number of unbranched alkanes of at least 4 members (excludes halogenated alkanes) is 1. The molecule has 1 aromatic carbocycles. The van der Waals surface area contributed by atoms with Gasteiger partial charge in [-0.25, -0.2) is 0 Å². The first-order valence-corrected chi connectivity index (χ1v) is 11.2. The molecule has 2 amide bonds. The van der Waals surface area contributed by atoms with Gasteiger partial charge in [0.2, 0.25) is 5.91 Å². The van der Waals surface area contributed by atoms with Gasteiger partial charge in [0.15, 0.2) is 6.61 Å². The van der Waals surface area contributed by atoms with Gasteiger partial charge in [0.25, 0.3) is 5.91 Å². The highest BCUT2D eigenvalue weighted by Gasteiger charge is 2.42. The van der Waals surface area contributed by atoms with Crippen LogP contribution in [0.2, 0.25) is 0 Å². The summed E-state index contributed by atoms with van der Waals surface area (Å²) in [6.07, 6.45) is 2.53. The van der Waals surface area contributed by atoms with Crippen molar-refractivity contribution >= 4 is 34.8 Å². The zero-order valence-electron chi connectivity index (χ0n) is 17.4. The van der Waals surface area contributed by atoms with E-state index in [0.29, 0.717) is 13.0 Å². The lowest BCUT2D eigenvalue weighted by molar-refractivity contribution is -0.154. The lowest BCUT2D eigenvalue weighted by Crippen LogP contribution is -2.46. The number of carbonyl (C=O) groups excluding carboxylic acids is 3. The molecule has 0 radical (unpaired) electrons. The van der Waals surface area contributed by atoms with Gasteiger partial charge in [-0.15, -0.1) is 11.3 Å². The lowest BCUT2D eigenvalue weighted by Gasteiger charge is -2.39. The average Bonchev–Trinajstić information content (AvgIpc) is 3.27. The summed E-state index contributed by atoms with van der Waals surface area (Å²) in [7, 11) is 0. The summed E-state index contributed by atoms with van der Waals surface area (Å²) < 4.78 is 5.36. The Bertz CT molecular complexity index is 864. The highest BCUT2D eigenvalue weighted by atomic mass is 32.1. The molecule has 1 aromatic heterocycles. The third-order valence-corrected chi connectivity index (χ3v) is 6.19. The molecule has 3 rings (SSSR count). The maximum absolute atomic E-state index is 12.9. The highest BCUT2D eigenvalue weighted by molar-refractivity contribution is 7.10. The minimum atomic E-state index is -0.522. The first-order valence-electron chi connectivity index (χ1n) is 10.4. The number of aryl methyl sites for hydroxylation is 1. The second kappa shape index (κ2) is 10.4. The molecule has 0 saturated carbocycles.